The van der Waals surface area contributed by atoms with Crippen LogP contribution in [-0.4, -0.2) is 13.6 Å². The van der Waals surface area contributed by atoms with Crippen LogP contribution in [0, 0.1) is 0 Å². The summed E-state index contributed by atoms with van der Waals surface area (Å²) in [4.78, 5) is 3.66. The highest BCUT2D eigenvalue weighted by atomic mass is 79.9. The maximum atomic E-state index is 3.57. The molecule has 0 saturated carbocycles. The summed E-state index contributed by atoms with van der Waals surface area (Å²) in [5, 5.41) is 5.53. The Hall–Kier alpha value is -0.360. The summed E-state index contributed by atoms with van der Waals surface area (Å²) >= 11 is 8.87. The van der Waals surface area contributed by atoms with E-state index in [1.807, 2.05) is 0 Å². The van der Waals surface area contributed by atoms with Crippen molar-refractivity contribution in [3.05, 3.63) is 49.0 Å². The largest absolute Gasteiger partial charge is 0.369 e. The van der Waals surface area contributed by atoms with Gasteiger partial charge in [-0.25, -0.2) is 0 Å². The lowest BCUT2D eigenvalue weighted by molar-refractivity contribution is 0.723. The molecular formula is C15H18Br2N2S. The first-order valence-electron chi connectivity index (χ1n) is 6.53. The van der Waals surface area contributed by atoms with E-state index >= 15 is 0 Å². The van der Waals surface area contributed by atoms with E-state index in [2.05, 4.69) is 85.7 Å². The molecule has 2 aromatic rings. The molecule has 108 valence electrons. The molecule has 1 aromatic carbocycles. The van der Waals surface area contributed by atoms with Crippen molar-refractivity contribution in [2.45, 2.75) is 20.0 Å². The van der Waals surface area contributed by atoms with Gasteiger partial charge in [-0.15, -0.1) is 11.3 Å². The maximum absolute atomic E-state index is 3.57. The maximum Gasteiger partial charge on any atom is 0.0520 e. The molecular weight excluding hydrogens is 400 g/mol. The minimum absolute atomic E-state index is 0.900. The van der Waals surface area contributed by atoms with Crippen molar-refractivity contribution in [3.8, 4) is 0 Å². The highest BCUT2D eigenvalue weighted by Gasteiger charge is 2.10. The van der Waals surface area contributed by atoms with Crippen LogP contribution in [0.5, 0.6) is 0 Å². The molecule has 0 unspecified atom stereocenters. The topological polar surface area (TPSA) is 15.3 Å². The Morgan fingerprint density at radius 2 is 2.00 bits per heavy atom. The number of benzene rings is 1. The summed E-state index contributed by atoms with van der Waals surface area (Å²) in [6.07, 6.45) is 0. The Balaban J connectivity index is 2.18. The SMILES string of the molecule is CCNCc1ccc(Br)cc1N(C)Cc1cc(Br)cs1. The summed E-state index contributed by atoms with van der Waals surface area (Å²) in [5.41, 5.74) is 2.60. The number of hydrogen-bond acceptors (Lipinski definition) is 3. The zero-order valence-corrected chi connectivity index (χ0v) is 15.6. The van der Waals surface area contributed by atoms with E-state index in [1.54, 1.807) is 11.3 Å². The molecule has 0 aliphatic heterocycles. The number of nitrogens with zero attached hydrogens (tertiary/aromatic N) is 1. The summed E-state index contributed by atoms with van der Waals surface area (Å²) < 4.78 is 2.28. The highest BCUT2D eigenvalue weighted by molar-refractivity contribution is 9.10. The summed E-state index contributed by atoms with van der Waals surface area (Å²) in [5.74, 6) is 0. The van der Waals surface area contributed by atoms with Gasteiger partial charge in [0.1, 0.15) is 0 Å². The van der Waals surface area contributed by atoms with Crippen LogP contribution in [0.3, 0.4) is 0 Å². The van der Waals surface area contributed by atoms with Crippen molar-refractivity contribution in [3.63, 3.8) is 0 Å². The molecule has 20 heavy (non-hydrogen) atoms. The monoisotopic (exact) mass is 416 g/mol. The summed E-state index contributed by atoms with van der Waals surface area (Å²) in [6, 6.07) is 8.66. The molecule has 0 saturated heterocycles. The first-order chi connectivity index (χ1) is 9.60. The third kappa shape index (κ3) is 4.32. The number of anilines is 1. The first-order valence-corrected chi connectivity index (χ1v) is 9.00. The molecule has 0 bridgehead atoms. The smallest absolute Gasteiger partial charge is 0.0520 e. The number of thiophene rings is 1. The van der Waals surface area contributed by atoms with Crippen molar-refractivity contribution >= 4 is 48.9 Å². The van der Waals surface area contributed by atoms with E-state index in [4.69, 9.17) is 0 Å². The molecule has 0 aliphatic rings. The van der Waals surface area contributed by atoms with E-state index in [9.17, 15) is 0 Å². The van der Waals surface area contributed by atoms with Crippen molar-refractivity contribution in [2.75, 3.05) is 18.5 Å². The molecule has 1 heterocycles. The average molecular weight is 418 g/mol. The normalized spacial score (nSPS) is 10.8. The average Bonchev–Trinajstić information content (AvgIpc) is 2.82. The van der Waals surface area contributed by atoms with Crippen LogP contribution in [0.4, 0.5) is 5.69 Å². The molecule has 0 radical (unpaired) electrons. The fourth-order valence-electron chi connectivity index (χ4n) is 2.06. The Bertz CT molecular complexity index is 569. The van der Waals surface area contributed by atoms with Gasteiger partial charge in [0.15, 0.2) is 0 Å². The van der Waals surface area contributed by atoms with E-state index in [0.29, 0.717) is 0 Å². The van der Waals surface area contributed by atoms with Crippen molar-refractivity contribution in [2.24, 2.45) is 0 Å². The quantitative estimate of drug-likeness (QED) is 0.709. The van der Waals surface area contributed by atoms with Crippen LogP contribution in [-0.2, 0) is 13.1 Å². The van der Waals surface area contributed by atoms with Crippen LogP contribution >= 0.6 is 43.2 Å². The molecule has 2 rings (SSSR count). The number of hydrogen-bond donors (Lipinski definition) is 1. The van der Waals surface area contributed by atoms with Crippen LogP contribution in [0.1, 0.15) is 17.4 Å². The van der Waals surface area contributed by atoms with Crippen LogP contribution in [0.25, 0.3) is 0 Å². The third-order valence-electron chi connectivity index (χ3n) is 3.04. The van der Waals surface area contributed by atoms with E-state index in [1.165, 1.54) is 16.1 Å². The van der Waals surface area contributed by atoms with Gasteiger partial charge in [-0.2, -0.15) is 0 Å². The zero-order chi connectivity index (χ0) is 14.5. The van der Waals surface area contributed by atoms with Crippen molar-refractivity contribution < 1.29 is 0 Å². The van der Waals surface area contributed by atoms with Gasteiger partial charge < -0.3 is 10.2 Å². The fraction of sp³-hybridized carbons (Fsp3) is 0.333. The van der Waals surface area contributed by atoms with Crippen molar-refractivity contribution in [1.82, 2.24) is 5.32 Å². The Labute approximate surface area is 141 Å². The molecule has 1 aromatic heterocycles. The Kier molecular flexibility index (Phi) is 6.08. The molecule has 1 N–H and O–H groups in total. The minimum atomic E-state index is 0.900. The molecule has 5 heteroatoms. The van der Waals surface area contributed by atoms with Crippen LogP contribution < -0.4 is 10.2 Å². The summed E-state index contributed by atoms with van der Waals surface area (Å²) in [6.45, 7) is 4.94. The second-order valence-electron chi connectivity index (χ2n) is 4.64. The molecule has 0 aliphatic carbocycles. The van der Waals surface area contributed by atoms with Crippen molar-refractivity contribution in [1.29, 1.82) is 0 Å². The lowest BCUT2D eigenvalue weighted by Crippen LogP contribution is -2.20. The lowest BCUT2D eigenvalue weighted by Gasteiger charge is -2.22. The van der Waals surface area contributed by atoms with E-state index in [0.717, 1.165) is 28.6 Å². The molecule has 0 fully saturated rings. The Morgan fingerprint density at radius 1 is 1.20 bits per heavy atom. The van der Waals surface area contributed by atoms with E-state index in [-0.39, 0.29) is 0 Å². The van der Waals surface area contributed by atoms with Gasteiger partial charge >= 0.3 is 0 Å². The van der Waals surface area contributed by atoms with Gasteiger partial charge in [0.05, 0.1) is 6.54 Å². The highest BCUT2D eigenvalue weighted by Crippen LogP contribution is 2.28. The minimum Gasteiger partial charge on any atom is -0.369 e. The van der Waals surface area contributed by atoms with Crippen LogP contribution in [0.15, 0.2) is 38.6 Å². The number of halogens is 2. The predicted octanol–water partition coefficient (Wildman–Crippen LogP) is 5.02. The van der Waals surface area contributed by atoms with Gasteiger partial charge in [0.2, 0.25) is 0 Å². The van der Waals surface area contributed by atoms with Crippen LogP contribution in [0.2, 0.25) is 0 Å². The van der Waals surface area contributed by atoms with E-state index < -0.39 is 0 Å². The zero-order valence-electron chi connectivity index (χ0n) is 11.6. The van der Waals surface area contributed by atoms with Gasteiger partial charge in [0.25, 0.3) is 0 Å². The van der Waals surface area contributed by atoms with Gasteiger partial charge in [-0.1, -0.05) is 28.9 Å². The second kappa shape index (κ2) is 7.59. The molecule has 0 spiro atoms. The third-order valence-corrected chi connectivity index (χ3v) is 5.21. The second-order valence-corrected chi connectivity index (χ2v) is 7.47. The standard InChI is InChI=1S/C15H18Br2N2S/c1-3-18-8-11-4-5-12(16)7-15(11)19(2)9-14-6-13(17)10-20-14/h4-7,10,18H,3,8-9H2,1-2H3. The number of rotatable bonds is 6. The van der Waals surface area contributed by atoms with Gasteiger partial charge in [-0.05, 0) is 46.2 Å². The lowest BCUT2D eigenvalue weighted by atomic mass is 10.1. The van der Waals surface area contributed by atoms with Gasteiger partial charge in [0, 0.05) is 38.5 Å². The summed E-state index contributed by atoms with van der Waals surface area (Å²) in [7, 11) is 2.14. The van der Waals surface area contributed by atoms with Gasteiger partial charge in [-0.3, -0.25) is 0 Å². The fourth-order valence-corrected chi connectivity index (χ4v) is 3.91. The molecule has 2 nitrogen and oxygen atoms in total. The predicted molar refractivity (Wildman–Crippen MR) is 95.6 cm³/mol. The Morgan fingerprint density at radius 3 is 2.65 bits per heavy atom. The first kappa shape index (κ1) is 16.0. The number of nitrogens with one attached hydrogen (secondary N) is 1. The molecule has 0 amide bonds. The molecule has 0 atom stereocenters.